The Bertz CT molecular complexity index is 303. The molecule has 0 aliphatic carbocycles. The van der Waals surface area contributed by atoms with Crippen LogP contribution in [0.2, 0.25) is 0 Å². The highest BCUT2D eigenvalue weighted by Crippen LogP contribution is 2.29. The van der Waals surface area contributed by atoms with Crippen molar-refractivity contribution in [3.63, 3.8) is 0 Å². The van der Waals surface area contributed by atoms with Crippen LogP contribution in [0.5, 0.6) is 0 Å². The molecular weight excluding hydrogens is 203 g/mol. The molecule has 0 saturated heterocycles. The number of nitrogens with zero attached hydrogens (tertiary/aromatic N) is 1. The number of alkyl halides is 3. The van der Waals surface area contributed by atoms with Gasteiger partial charge in [0.15, 0.2) is 0 Å². The summed E-state index contributed by atoms with van der Waals surface area (Å²) in [6, 6.07) is 2.55. The van der Waals surface area contributed by atoms with E-state index in [0.29, 0.717) is 0 Å². The third-order valence-corrected chi connectivity index (χ3v) is 2.34. The van der Waals surface area contributed by atoms with Crippen molar-refractivity contribution in [2.24, 2.45) is 0 Å². The molecule has 1 rings (SSSR count). The van der Waals surface area contributed by atoms with Crippen molar-refractivity contribution < 1.29 is 13.2 Å². The normalized spacial score (nSPS) is 13.9. The first-order valence-electron chi connectivity index (χ1n) is 4.98. The molecule has 84 valence electrons. The number of hydrogen-bond acceptors (Lipinski definition) is 1. The SMILES string of the molecule is CCCC(C)c1ccc(C(F)(F)F)cn1. The van der Waals surface area contributed by atoms with Gasteiger partial charge in [0.1, 0.15) is 0 Å². The van der Waals surface area contributed by atoms with E-state index in [2.05, 4.69) is 4.98 Å². The van der Waals surface area contributed by atoms with Crippen LogP contribution in [0, 0.1) is 0 Å². The maximum atomic E-state index is 12.2. The standard InChI is InChI=1S/C11H14F3N/c1-3-4-8(2)10-6-5-9(7-15-10)11(12,13)14/h5-8H,3-4H2,1-2H3. The van der Waals surface area contributed by atoms with Crippen LogP contribution < -0.4 is 0 Å². The van der Waals surface area contributed by atoms with Crippen LogP contribution in [0.3, 0.4) is 0 Å². The molecule has 1 atom stereocenters. The molecule has 0 radical (unpaired) electrons. The van der Waals surface area contributed by atoms with Crippen LogP contribution in [0.4, 0.5) is 13.2 Å². The molecule has 0 bridgehead atoms. The Balaban J connectivity index is 2.81. The van der Waals surface area contributed by atoms with Crippen LogP contribution in [0.25, 0.3) is 0 Å². The number of hydrogen-bond donors (Lipinski definition) is 0. The second kappa shape index (κ2) is 4.64. The Morgan fingerprint density at radius 3 is 2.40 bits per heavy atom. The van der Waals surface area contributed by atoms with E-state index < -0.39 is 11.7 Å². The molecule has 1 heterocycles. The maximum absolute atomic E-state index is 12.2. The highest BCUT2D eigenvalue weighted by molar-refractivity contribution is 5.18. The van der Waals surface area contributed by atoms with Crippen molar-refractivity contribution in [2.45, 2.75) is 38.8 Å². The van der Waals surface area contributed by atoms with Gasteiger partial charge in [0, 0.05) is 11.9 Å². The summed E-state index contributed by atoms with van der Waals surface area (Å²) in [5.74, 6) is 0.220. The second-order valence-electron chi connectivity index (χ2n) is 3.66. The predicted octanol–water partition coefficient (Wildman–Crippen LogP) is 4.00. The fourth-order valence-electron chi connectivity index (χ4n) is 1.45. The lowest BCUT2D eigenvalue weighted by Gasteiger charge is -2.11. The summed E-state index contributed by atoms with van der Waals surface area (Å²) in [6.07, 6.45) is -1.44. The summed E-state index contributed by atoms with van der Waals surface area (Å²) < 4.78 is 36.7. The average Bonchev–Trinajstić information content (AvgIpc) is 2.17. The van der Waals surface area contributed by atoms with E-state index in [0.717, 1.165) is 30.8 Å². The Hall–Kier alpha value is -1.06. The van der Waals surface area contributed by atoms with E-state index >= 15 is 0 Å². The highest BCUT2D eigenvalue weighted by Gasteiger charge is 2.30. The van der Waals surface area contributed by atoms with Crippen LogP contribution in [-0.2, 0) is 6.18 Å². The van der Waals surface area contributed by atoms with Crippen LogP contribution in [-0.4, -0.2) is 4.98 Å². The van der Waals surface area contributed by atoms with Gasteiger partial charge < -0.3 is 0 Å². The van der Waals surface area contributed by atoms with Crippen molar-refractivity contribution in [3.8, 4) is 0 Å². The fraction of sp³-hybridized carbons (Fsp3) is 0.545. The maximum Gasteiger partial charge on any atom is 0.417 e. The third-order valence-electron chi connectivity index (χ3n) is 2.34. The minimum Gasteiger partial charge on any atom is -0.260 e. The van der Waals surface area contributed by atoms with Gasteiger partial charge in [0.25, 0.3) is 0 Å². The minimum atomic E-state index is -4.29. The fourth-order valence-corrected chi connectivity index (χ4v) is 1.45. The molecule has 1 aromatic heterocycles. The zero-order chi connectivity index (χ0) is 11.5. The number of rotatable bonds is 3. The van der Waals surface area contributed by atoms with Crippen molar-refractivity contribution in [1.29, 1.82) is 0 Å². The van der Waals surface area contributed by atoms with Gasteiger partial charge in [-0.25, -0.2) is 0 Å². The summed E-state index contributed by atoms with van der Waals surface area (Å²) in [7, 11) is 0. The van der Waals surface area contributed by atoms with Gasteiger partial charge in [0.05, 0.1) is 5.56 Å². The molecule has 0 N–H and O–H groups in total. The smallest absolute Gasteiger partial charge is 0.260 e. The van der Waals surface area contributed by atoms with Crippen molar-refractivity contribution in [1.82, 2.24) is 4.98 Å². The topological polar surface area (TPSA) is 12.9 Å². The lowest BCUT2D eigenvalue weighted by Crippen LogP contribution is -2.06. The van der Waals surface area contributed by atoms with Gasteiger partial charge in [-0.15, -0.1) is 0 Å². The molecule has 0 aromatic carbocycles. The van der Waals surface area contributed by atoms with Gasteiger partial charge in [-0.2, -0.15) is 13.2 Å². The zero-order valence-corrected chi connectivity index (χ0v) is 8.80. The van der Waals surface area contributed by atoms with E-state index in [9.17, 15) is 13.2 Å². The first-order valence-corrected chi connectivity index (χ1v) is 4.98. The molecule has 1 unspecified atom stereocenters. The van der Waals surface area contributed by atoms with Crippen LogP contribution in [0.1, 0.15) is 43.9 Å². The van der Waals surface area contributed by atoms with E-state index in [1.54, 1.807) is 0 Å². The Labute approximate surface area is 87.3 Å². The van der Waals surface area contributed by atoms with Gasteiger partial charge in [0.2, 0.25) is 0 Å². The number of halogens is 3. The summed E-state index contributed by atoms with van der Waals surface area (Å²) in [4.78, 5) is 3.84. The van der Waals surface area contributed by atoms with Crippen LogP contribution in [0.15, 0.2) is 18.3 Å². The average molecular weight is 217 g/mol. The quantitative estimate of drug-likeness (QED) is 0.745. The molecule has 0 fully saturated rings. The molecule has 1 nitrogen and oxygen atoms in total. The largest absolute Gasteiger partial charge is 0.417 e. The second-order valence-corrected chi connectivity index (χ2v) is 3.66. The van der Waals surface area contributed by atoms with Gasteiger partial charge in [-0.1, -0.05) is 20.3 Å². The number of aromatic nitrogens is 1. The Kier molecular flexibility index (Phi) is 3.72. The molecule has 0 spiro atoms. The zero-order valence-electron chi connectivity index (χ0n) is 8.80. The van der Waals surface area contributed by atoms with Gasteiger partial charge in [-0.05, 0) is 24.5 Å². The lowest BCUT2D eigenvalue weighted by atomic mass is 10.0. The van der Waals surface area contributed by atoms with Crippen LogP contribution >= 0.6 is 0 Å². The van der Waals surface area contributed by atoms with Crippen molar-refractivity contribution in [3.05, 3.63) is 29.6 Å². The molecular formula is C11H14F3N. The Morgan fingerprint density at radius 2 is 2.00 bits per heavy atom. The van der Waals surface area contributed by atoms with Gasteiger partial charge >= 0.3 is 6.18 Å². The first kappa shape index (κ1) is 12.0. The minimum absolute atomic E-state index is 0.220. The summed E-state index contributed by atoms with van der Waals surface area (Å²) in [5.41, 5.74) is 0.0415. The van der Waals surface area contributed by atoms with Crippen molar-refractivity contribution in [2.75, 3.05) is 0 Å². The first-order chi connectivity index (χ1) is 6.95. The van der Waals surface area contributed by atoms with Crippen molar-refractivity contribution >= 4 is 0 Å². The van der Waals surface area contributed by atoms with E-state index in [1.807, 2.05) is 13.8 Å². The van der Waals surface area contributed by atoms with E-state index in [1.165, 1.54) is 6.07 Å². The molecule has 0 amide bonds. The molecule has 4 heteroatoms. The van der Waals surface area contributed by atoms with E-state index in [-0.39, 0.29) is 5.92 Å². The molecule has 0 aliphatic rings. The highest BCUT2D eigenvalue weighted by atomic mass is 19.4. The Morgan fingerprint density at radius 1 is 1.33 bits per heavy atom. The monoisotopic (exact) mass is 217 g/mol. The molecule has 0 saturated carbocycles. The van der Waals surface area contributed by atoms with E-state index in [4.69, 9.17) is 0 Å². The summed E-state index contributed by atoms with van der Waals surface area (Å²) >= 11 is 0. The molecule has 1 aromatic rings. The van der Waals surface area contributed by atoms with Gasteiger partial charge in [-0.3, -0.25) is 4.98 Å². The molecule has 0 aliphatic heterocycles. The summed E-state index contributed by atoms with van der Waals surface area (Å²) in [5, 5.41) is 0. The third kappa shape index (κ3) is 3.22. The lowest BCUT2D eigenvalue weighted by molar-refractivity contribution is -0.137. The summed E-state index contributed by atoms with van der Waals surface area (Å²) in [6.45, 7) is 4.01. The number of pyridine rings is 1. The molecule has 15 heavy (non-hydrogen) atoms. The predicted molar refractivity (Wildman–Crippen MR) is 52.6 cm³/mol.